The normalized spacial score (nSPS) is 23.6. The SMILES string of the molecule is O=C(Nc1ccc2[nH]ncc2c1)N[C@@H]1CCCC[C@H]1CN1CCC[C@@H](Cc2ccc(F)cc2)C1. The lowest BCUT2D eigenvalue weighted by Crippen LogP contribution is -2.49. The molecule has 0 unspecified atom stereocenters. The van der Waals surface area contributed by atoms with Crippen molar-refractivity contribution in [1.82, 2.24) is 20.4 Å². The van der Waals surface area contributed by atoms with Crippen molar-refractivity contribution in [3.8, 4) is 0 Å². The van der Waals surface area contributed by atoms with Crippen LogP contribution in [0.2, 0.25) is 0 Å². The van der Waals surface area contributed by atoms with Crippen molar-refractivity contribution in [2.75, 3.05) is 25.0 Å². The van der Waals surface area contributed by atoms with Crippen molar-refractivity contribution in [2.45, 2.75) is 51.0 Å². The van der Waals surface area contributed by atoms with Gasteiger partial charge in [-0.1, -0.05) is 25.0 Å². The highest BCUT2D eigenvalue weighted by atomic mass is 19.1. The van der Waals surface area contributed by atoms with Crippen LogP contribution < -0.4 is 10.6 Å². The quantitative estimate of drug-likeness (QED) is 0.462. The number of carbonyl (C=O) groups excluding carboxylic acids is 1. The number of hydrogen-bond acceptors (Lipinski definition) is 3. The van der Waals surface area contributed by atoms with E-state index in [2.05, 4.69) is 25.7 Å². The van der Waals surface area contributed by atoms with Crippen molar-refractivity contribution in [2.24, 2.45) is 11.8 Å². The molecule has 2 heterocycles. The standard InChI is InChI=1S/C27H34FN5O/c28-23-9-7-19(8-10-23)14-20-4-3-13-33(17-20)18-21-5-1-2-6-25(21)31-27(34)30-24-11-12-26-22(15-24)16-29-32-26/h7-12,15-16,20-21,25H,1-6,13-14,17-18H2,(H,29,32)(H2,30,31,34)/t20-,21-,25+/m0/s1. The van der Waals surface area contributed by atoms with Gasteiger partial charge in [-0.3, -0.25) is 5.10 Å². The topological polar surface area (TPSA) is 73.0 Å². The number of likely N-dealkylation sites (tertiary alicyclic amines) is 1. The van der Waals surface area contributed by atoms with Crippen molar-refractivity contribution in [3.05, 3.63) is 60.0 Å². The van der Waals surface area contributed by atoms with Crippen LogP contribution in [0, 0.1) is 17.7 Å². The van der Waals surface area contributed by atoms with Gasteiger partial charge in [0.15, 0.2) is 0 Å². The molecule has 0 bridgehead atoms. The Kier molecular flexibility index (Phi) is 7.09. The number of piperidine rings is 1. The Hall–Kier alpha value is -2.93. The van der Waals surface area contributed by atoms with Gasteiger partial charge in [-0.2, -0.15) is 5.10 Å². The smallest absolute Gasteiger partial charge is 0.319 e. The molecule has 6 nitrogen and oxygen atoms in total. The number of fused-ring (bicyclic) bond motifs is 1. The van der Waals surface area contributed by atoms with E-state index in [0.717, 1.165) is 61.9 Å². The molecule has 7 heteroatoms. The summed E-state index contributed by atoms with van der Waals surface area (Å²) in [4.78, 5) is 15.4. The Morgan fingerprint density at radius 2 is 1.94 bits per heavy atom. The van der Waals surface area contributed by atoms with Crippen molar-refractivity contribution < 1.29 is 9.18 Å². The van der Waals surface area contributed by atoms with E-state index in [4.69, 9.17) is 0 Å². The average molecular weight is 464 g/mol. The summed E-state index contributed by atoms with van der Waals surface area (Å²) in [7, 11) is 0. The number of aromatic amines is 1. The molecule has 1 aromatic heterocycles. The van der Waals surface area contributed by atoms with Crippen LogP contribution in [-0.2, 0) is 6.42 Å². The van der Waals surface area contributed by atoms with Gasteiger partial charge in [-0.15, -0.1) is 0 Å². The van der Waals surface area contributed by atoms with E-state index < -0.39 is 0 Å². The Balaban J connectivity index is 1.15. The van der Waals surface area contributed by atoms with Gasteiger partial charge >= 0.3 is 6.03 Å². The molecule has 2 fully saturated rings. The molecule has 0 radical (unpaired) electrons. The lowest BCUT2D eigenvalue weighted by atomic mass is 9.83. The summed E-state index contributed by atoms with van der Waals surface area (Å²) in [6.07, 6.45) is 9.78. The molecule has 180 valence electrons. The summed E-state index contributed by atoms with van der Waals surface area (Å²) < 4.78 is 13.2. The third-order valence-electron chi connectivity index (χ3n) is 7.46. The van der Waals surface area contributed by atoms with Gasteiger partial charge < -0.3 is 15.5 Å². The van der Waals surface area contributed by atoms with Crippen molar-refractivity contribution >= 4 is 22.6 Å². The largest absolute Gasteiger partial charge is 0.335 e. The molecule has 3 N–H and O–H groups in total. The monoisotopic (exact) mass is 463 g/mol. The Morgan fingerprint density at radius 1 is 1.09 bits per heavy atom. The highest BCUT2D eigenvalue weighted by Gasteiger charge is 2.30. The maximum atomic E-state index is 13.2. The number of benzene rings is 2. The van der Waals surface area contributed by atoms with E-state index in [9.17, 15) is 9.18 Å². The second kappa shape index (κ2) is 10.6. The van der Waals surface area contributed by atoms with Gasteiger partial charge in [-0.25, -0.2) is 9.18 Å². The molecule has 2 amide bonds. The third-order valence-corrected chi connectivity index (χ3v) is 7.46. The van der Waals surface area contributed by atoms with Crippen LogP contribution in [0.3, 0.4) is 0 Å². The summed E-state index contributed by atoms with van der Waals surface area (Å²) in [5, 5.41) is 14.2. The van der Waals surface area contributed by atoms with Crippen LogP contribution in [0.1, 0.15) is 44.1 Å². The van der Waals surface area contributed by atoms with Crippen LogP contribution in [0.4, 0.5) is 14.9 Å². The number of urea groups is 1. The first kappa shape index (κ1) is 22.8. The number of nitrogens with one attached hydrogen (secondary N) is 3. The van der Waals surface area contributed by atoms with E-state index in [1.807, 2.05) is 30.3 Å². The predicted octanol–water partition coefficient (Wildman–Crippen LogP) is 5.34. The summed E-state index contributed by atoms with van der Waals surface area (Å²) in [5.74, 6) is 0.909. The number of rotatable bonds is 6. The van der Waals surface area contributed by atoms with Gasteiger partial charge in [0, 0.05) is 30.2 Å². The summed E-state index contributed by atoms with van der Waals surface area (Å²) in [5.41, 5.74) is 2.95. The van der Waals surface area contributed by atoms with Crippen LogP contribution in [-0.4, -0.2) is 46.8 Å². The molecule has 0 spiro atoms. The molecule has 1 aliphatic heterocycles. The van der Waals surface area contributed by atoms with E-state index >= 15 is 0 Å². The van der Waals surface area contributed by atoms with Crippen LogP contribution in [0.5, 0.6) is 0 Å². The van der Waals surface area contributed by atoms with Crippen molar-refractivity contribution in [1.29, 1.82) is 0 Å². The van der Waals surface area contributed by atoms with E-state index in [0.29, 0.717) is 11.8 Å². The van der Waals surface area contributed by atoms with Crippen LogP contribution in [0.15, 0.2) is 48.7 Å². The zero-order chi connectivity index (χ0) is 23.3. The Labute approximate surface area is 200 Å². The molecule has 1 aliphatic carbocycles. The summed E-state index contributed by atoms with van der Waals surface area (Å²) >= 11 is 0. The van der Waals surface area contributed by atoms with Gasteiger partial charge in [0.05, 0.1) is 11.7 Å². The first-order chi connectivity index (χ1) is 16.6. The molecule has 1 saturated heterocycles. The fourth-order valence-corrected chi connectivity index (χ4v) is 5.74. The lowest BCUT2D eigenvalue weighted by Gasteiger charge is -2.39. The average Bonchev–Trinajstić information content (AvgIpc) is 3.30. The molecule has 34 heavy (non-hydrogen) atoms. The van der Waals surface area contributed by atoms with Crippen LogP contribution >= 0.6 is 0 Å². The molecule has 5 rings (SSSR count). The lowest BCUT2D eigenvalue weighted by molar-refractivity contribution is 0.123. The minimum absolute atomic E-state index is 0.132. The predicted molar refractivity (Wildman–Crippen MR) is 133 cm³/mol. The first-order valence-corrected chi connectivity index (χ1v) is 12.6. The fourth-order valence-electron chi connectivity index (χ4n) is 5.74. The first-order valence-electron chi connectivity index (χ1n) is 12.6. The highest BCUT2D eigenvalue weighted by molar-refractivity contribution is 5.92. The summed E-state index contributed by atoms with van der Waals surface area (Å²) in [6.45, 7) is 3.24. The van der Waals surface area contributed by atoms with Gasteiger partial charge in [-0.05, 0) is 86.4 Å². The molecule has 2 aliphatic rings. The zero-order valence-electron chi connectivity index (χ0n) is 19.6. The number of hydrogen-bond donors (Lipinski definition) is 3. The highest BCUT2D eigenvalue weighted by Crippen LogP contribution is 2.28. The molecule has 2 aromatic carbocycles. The number of halogens is 1. The minimum Gasteiger partial charge on any atom is -0.335 e. The summed E-state index contributed by atoms with van der Waals surface area (Å²) in [6, 6.07) is 12.8. The zero-order valence-corrected chi connectivity index (χ0v) is 19.6. The van der Waals surface area contributed by atoms with Gasteiger partial charge in [0.25, 0.3) is 0 Å². The number of aromatic nitrogens is 2. The maximum absolute atomic E-state index is 13.2. The third kappa shape index (κ3) is 5.76. The second-order valence-corrected chi connectivity index (χ2v) is 10.0. The number of nitrogens with zero attached hydrogens (tertiary/aromatic N) is 2. The molecule has 1 saturated carbocycles. The van der Waals surface area contributed by atoms with Crippen molar-refractivity contribution in [3.63, 3.8) is 0 Å². The maximum Gasteiger partial charge on any atom is 0.319 e. The molecule has 3 aromatic rings. The number of carbonyl (C=O) groups is 1. The number of anilines is 1. The fraction of sp³-hybridized carbons (Fsp3) is 0.481. The molecule has 3 atom stereocenters. The molecular formula is C27H34FN5O. The van der Waals surface area contributed by atoms with Gasteiger partial charge in [0.2, 0.25) is 0 Å². The van der Waals surface area contributed by atoms with Crippen LogP contribution in [0.25, 0.3) is 10.9 Å². The number of H-pyrrole nitrogens is 1. The van der Waals surface area contributed by atoms with E-state index in [-0.39, 0.29) is 17.9 Å². The minimum atomic E-state index is -0.170. The Bertz CT molecular complexity index is 1100. The van der Waals surface area contributed by atoms with Gasteiger partial charge in [0.1, 0.15) is 5.82 Å². The second-order valence-electron chi connectivity index (χ2n) is 10.0. The molecular weight excluding hydrogens is 429 g/mol. The Morgan fingerprint density at radius 3 is 2.82 bits per heavy atom. The van der Waals surface area contributed by atoms with E-state index in [1.165, 1.54) is 24.8 Å². The van der Waals surface area contributed by atoms with E-state index in [1.54, 1.807) is 18.3 Å². The number of amides is 2.